The Hall–Kier alpha value is -3.74. The summed E-state index contributed by atoms with van der Waals surface area (Å²) in [5.74, 6) is 1.53. The molecule has 1 saturated heterocycles. The number of aromatic hydroxyl groups is 1. The van der Waals surface area contributed by atoms with Crippen molar-refractivity contribution in [2.24, 2.45) is 23.7 Å². The molecule has 1 heterocycles. The molecule has 0 unspecified atom stereocenters. The predicted molar refractivity (Wildman–Crippen MR) is 164 cm³/mol. The molecule has 4 atom stereocenters. The maximum Gasteiger partial charge on any atom is 0.189 e. The third-order valence-corrected chi connectivity index (χ3v) is 8.56. The summed E-state index contributed by atoms with van der Waals surface area (Å²) in [7, 11) is 3.66. The van der Waals surface area contributed by atoms with E-state index in [4.69, 9.17) is 4.74 Å². The Morgan fingerprint density at radius 1 is 1.07 bits per heavy atom. The highest BCUT2D eigenvalue weighted by Crippen LogP contribution is 2.49. The van der Waals surface area contributed by atoms with Crippen LogP contribution in [0.4, 0.5) is 0 Å². The van der Waals surface area contributed by atoms with E-state index in [1.165, 1.54) is 7.11 Å². The first-order chi connectivity index (χ1) is 19.7. The van der Waals surface area contributed by atoms with E-state index < -0.39 is 0 Å². The van der Waals surface area contributed by atoms with Gasteiger partial charge >= 0.3 is 0 Å². The van der Waals surface area contributed by atoms with E-state index in [0.29, 0.717) is 23.8 Å². The molecule has 2 aromatic rings. The van der Waals surface area contributed by atoms with Crippen molar-refractivity contribution in [2.75, 3.05) is 46.9 Å². The number of hydrogen-bond donors (Lipinski definition) is 1. The molecular formula is C35H42N2O4. The molecule has 1 aliphatic heterocycles. The monoisotopic (exact) mass is 554 g/mol. The van der Waals surface area contributed by atoms with E-state index in [9.17, 15) is 14.7 Å². The zero-order chi connectivity index (χ0) is 29.5. The Balaban J connectivity index is 0.000000195. The van der Waals surface area contributed by atoms with Gasteiger partial charge in [0.25, 0.3) is 0 Å². The van der Waals surface area contributed by atoms with Crippen LogP contribution in [-0.2, 0) is 11.2 Å². The number of fused-ring (bicyclic) bond motifs is 1. The minimum absolute atomic E-state index is 0.0280. The summed E-state index contributed by atoms with van der Waals surface area (Å²) in [4.78, 5) is 29.2. The molecule has 2 aromatic carbocycles. The third-order valence-electron chi connectivity index (χ3n) is 8.56. The zero-order valence-corrected chi connectivity index (χ0v) is 24.3. The van der Waals surface area contributed by atoms with Crippen molar-refractivity contribution in [2.45, 2.75) is 12.8 Å². The second kappa shape index (κ2) is 13.7. The maximum absolute atomic E-state index is 12.4. The van der Waals surface area contributed by atoms with Gasteiger partial charge in [-0.3, -0.25) is 14.5 Å². The van der Waals surface area contributed by atoms with Gasteiger partial charge in [0.15, 0.2) is 23.1 Å². The second-order valence-corrected chi connectivity index (χ2v) is 11.3. The number of methoxy groups -OCH3 is 1. The fourth-order valence-corrected chi connectivity index (χ4v) is 6.29. The lowest BCUT2D eigenvalue weighted by Crippen LogP contribution is -2.45. The summed E-state index contributed by atoms with van der Waals surface area (Å²) in [6, 6.07) is 14.8. The molecule has 1 saturated carbocycles. The molecule has 6 heteroatoms. The highest BCUT2D eigenvalue weighted by Gasteiger charge is 2.47. The van der Waals surface area contributed by atoms with Crippen molar-refractivity contribution in [3.63, 3.8) is 0 Å². The number of piperazine rings is 1. The van der Waals surface area contributed by atoms with Gasteiger partial charge in [0.1, 0.15) is 0 Å². The van der Waals surface area contributed by atoms with E-state index in [1.807, 2.05) is 48.6 Å². The van der Waals surface area contributed by atoms with E-state index in [1.54, 1.807) is 18.2 Å². The zero-order valence-electron chi connectivity index (χ0n) is 24.3. The van der Waals surface area contributed by atoms with Crippen LogP contribution in [0.1, 0.15) is 22.3 Å². The molecule has 41 heavy (non-hydrogen) atoms. The van der Waals surface area contributed by atoms with Gasteiger partial charge in [0.2, 0.25) is 0 Å². The van der Waals surface area contributed by atoms with Crippen LogP contribution in [0.5, 0.6) is 11.5 Å². The molecule has 0 bridgehead atoms. The van der Waals surface area contributed by atoms with Gasteiger partial charge < -0.3 is 14.7 Å². The normalized spacial score (nSPS) is 24.2. The first kappa shape index (κ1) is 30.2. The van der Waals surface area contributed by atoms with Crippen LogP contribution in [0, 0.1) is 23.7 Å². The Bertz CT molecular complexity index is 1310. The summed E-state index contributed by atoms with van der Waals surface area (Å²) >= 11 is 0. The van der Waals surface area contributed by atoms with Gasteiger partial charge in [-0.1, -0.05) is 67.3 Å². The summed E-state index contributed by atoms with van der Waals surface area (Å²) in [5, 5.41) is 9.96. The van der Waals surface area contributed by atoms with E-state index in [-0.39, 0.29) is 35.1 Å². The first-order valence-electron chi connectivity index (χ1n) is 14.3. The molecule has 3 aliphatic rings. The van der Waals surface area contributed by atoms with Crippen LogP contribution in [0.25, 0.3) is 0 Å². The molecule has 0 radical (unpaired) electrons. The van der Waals surface area contributed by atoms with Crippen LogP contribution < -0.4 is 4.74 Å². The summed E-state index contributed by atoms with van der Waals surface area (Å²) in [5.41, 5.74) is 3.46. The lowest BCUT2D eigenvalue weighted by Gasteiger charge is -2.32. The van der Waals surface area contributed by atoms with E-state index in [0.717, 1.165) is 55.7 Å². The topological polar surface area (TPSA) is 70.1 Å². The number of nitrogens with zero attached hydrogens (tertiary/aromatic N) is 2. The van der Waals surface area contributed by atoms with Gasteiger partial charge in [-0.05, 0) is 61.4 Å². The first-order valence-corrected chi connectivity index (χ1v) is 14.3. The number of ether oxygens (including phenoxy) is 1. The van der Waals surface area contributed by atoms with Gasteiger partial charge in [-0.25, -0.2) is 0 Å². The largest absolute Gasteiger partial charge is 0.504 e. The average Bonchev–Trinajstić information content (AvgIpc) is 3.36. The van der Waals surface area contributed by atoms with Crippen molar-refractivity contribution >= 4 is 11.6 Å². The van der Waals surface area contributed by atoms with Crippen molar-refractivity contribution < 1.29 is 19.4 Å². The fourth-order valence-electron chi connectivity index (χ4n) is 6.29. The van der Waals surface area contributed by atoms with Crippen LogP contribution in [0.3, 0.4) is 0 Å². The SMILES string of the molecule is C=C(CN1CCN(C)CC1)C(=O)c1ccccc1.C=C[C@@H]1C[C@@H](Cc2ccc(OC)c(O)c2)[C@H]2C(=O)C=CC(=C)[C@H]21. The Morgan fingerprint density at radius 2 is 1.78 bits per heavy atom. The third kappa shape index (κ3) is 7.32. The molecule has 0 spiro atoms. The van der Waals surface area contributed by atoms with Gasteiger partial charge in [0, 0.05) is 49.8 Å². The Kier molecular flexibility index (Phi) is 10.1. The number of phenolic OH excluding ortho intramolecular Hbond substituents is 1. The minimum atomic E-state index is -0.0280. The minimum Gasteiger partial charge on any atom is -0.504 e. The van der Waals surface area contributed by atoms with Gasteiger partial charge in [0.05, 0.1) is 7.11 Å². The molecule has 0 aromatic heterocycles. The Labute approximate surface area is 244 Å². The van der Waals surface area contributed by atoms with Crippen LogP contribution >= 0.6 is 0 Å². The number of hydrogen-bond acceptors (Lipinski definition) is 6. The van der Waals surface area contributed by atoms with Crippen molar-refractivity contribution in [3.05, 3.63) is 109 Å². The molecule has 216 valence electrons. The van der Waals surface area contributed by atoms with Crippen LogP contribution in [-0.4, -0.2) is 73.4 Å². The molecular weight excluding hydrogens is 512 g/mol. The molecule has 6 nitrogen and oxygen atoms in total. The number of allylic oxidation sites excluding steroid dienone is 4. The number of likely N-dealkylation sites (N-methyl/N-ethyl adjacent to an activating group) is 1. The van der Waals surface area contributed by atoms with Crippen molar-refractivity contribution in [1.82, 2.24) is 9.80 Å². The average molecular weight is 555 g/mol. The number of ketones is 2. The van der Waals surface area contributed by atoms with E-state index in [2.05, 4.69) is 36.6 Å². The number of Topliss-reactive ketones (excluding diaryl/α,β-unsaturated/α-hetero) is 1. The summed E-state index contributed by atoms with van der Waals surface area (Å²) in [6.07, 6.45) is 7.16. The maximum atomic E-state index is 12.4. The lowest BCUT2D eigenvalue weighted by atomic mass is 9.75. The predicted octanol–water partition coefficient (Wildman–Crippen LogP) is 5.37. The highest BCUT2D eigenvalue weighted by molar-refractivity contribution is 6.08. The van der Waals surface area contributed by atoms with Crippen molar-refractivity contribution in [3.8, 4) is 11.5 Å². The molecule has 0 amide bonds. The standard InChI is InChI=1S/C20H22O3.C15H20N2O/c1-4-14-11-15(20-16(21)7-5-12(2)19(14)20)9-13-6-8-18(23-3)17(22)10-13;1-13(12-17-10-8-16(2)9-11-17)15(18)14-6-4-3-5-7-14/h4-8,10,14-15,19-20,22H,1-2,9,11H2,3H3;3-7H,1,8-12H2,2H3/t14-,15-,19+,20+;/m1./s1. The van der Waals surface area contributed by atoms with Crippen LogP contribution in [0.2, 0.25) is 0 Å². The quantitative estimate of drug-likeness (QED) is 0.269. The Morgan fingerprint density at radius 3 is 2.41 bits per heavy atom. The number of phenols is 1. The van der Waals surface area contributed by atoms with Crippen LogP contribution in [0.15, 0.2) is 97.6 Å². The lowest BCUT2D eigenvalue weighted by molar-refractivity contribution is -0.120. The number of benzene rings is 2. The van der Waals surface area contributed by atoms with E-state index >= 15 is 0 Å². The smallest absolute Gasteiger partial charge is 0.189 e. The molecule has 2 aliphatic carbocycles. The summed E-state index contributed by atoms with van der Waals surface area (Å²) < 4.78 is 5.08. The van der Waals surface area contributed by atoms with Crippen molar-refractivity contribution in [1.29, 1.82) is 0 Å². The number of rotatable bonds is 8. The highest BCUT2D eigenvalue weighted by atomic mass is 16.5. The summed E-state index contributed by atoms with van der Waals surface area (Å²) in [6.45, 7) is 16.8. The molecule has 2 fully saturated rings. The second-order valence-electron chi connectivity index (χ2n) is 11.3. The van der Waals surface area contributed by atoms with Gasteiger partial charge in [-0.2, -0.15) is 0 Å². The number of carbonyl (C=O) groups excluding carboxylic acids is 2. The molecule has 1 N–H and O–H groups in total. The van der Waals surface area contributed by atoms with Gasteiger partial charge in [-0.15, -0.1) is 6.58 Å². The number of carbonyl (C=O) groups is 2. The fraction of sp³-hybridized carbons (Fsp3) is 0.371. The molecule has 5 rings (SSSR count).